The third kappa shape index (κ3) is 4.55. The monoisotopic (exact) mass is 364 g/mol. The van der Waals surface area contributed by atoms with Crippen LogP contribution < -0.4 is 20.5 Å². The lowest BCUT2D eigenvalue weighted by Gasteiger charge is -2.10. The summed E-state index contributed by atoms with van der Waals surface area (Å²) in [7, 11) is 1.60. The van der Waals surface area contributed by atoms with Gasteiger partial charge in [-0.3, -0.25) is 9.59 Å². The molecule has 0 fully saturated rings. The topological polar surface area (TPSA) is 69.6 Å². The molecule has 0 spiro atoms. The number of aromatic nitrogens is 1. The summed E-state index contributed by atoms with van der Waals surface area (Å²) in [5.41, 5.74) is 2.07. The molecule has 138 valence electrons. The highest BCUT2D eigenvalue weighted by atomic mass is 16.7. The molecule has 2 aromatic carbocycles. The first-order valence-electron chi connectivity index (χ1n) is 8.43. The van der Waals surface area contributed by atoms with E-state index in [9.17, 15) is 9.59 Å². The molecule has 0 atom stereocenters. The molecule has 1 N–H and O–H groups in total. The van der Waals surface area contributed by atoms with Gasteiger partial charge in [0.1, 0.15) is 17.9 Å². The van der Waals surface area contributed by atoms with Gasteiger partial charge in [-0.05, 0) is 48.9 Å². The van der Waals surface area contributed by atoms with Crippen molar-refractivity contribution in [3.05, 3.63) is 93.9 Å². The minimum Gasteiger partial charge on any atom is -0.497 e. The number of nitrogens with zero attached hydrogens (tertiary/aromatic N) is 1. The third-order valence-electron chi connectivity index (χ3n) is 4.00. The maximum absolute atomic E-state index is 12.5. The number of carbonyl (C=O) groups is 1. The van der Waals surface area contributed by atoms with Crippen LogP contribution in [0.25, 0.3) is 0 Å². The normalized spacial score (nSPS) is 10.3. The highest BCUT2D eigenvalue weighted by molar-refractivity contribution is 6.03. The van der Waals surface area contributed by atoms with Gasteiger partial charge < -0.3 is 14.9 Å². The van der Waals surface area contributed by atoms with Gasteiger partial charge in [0.2, 0.25) is 0 Å². The second kappa shape index (κ2) is 8.23. The predicted molar refractivity (Wildman–Crippen MR) is 103 cm³/mol. The summed E-state index contributed by atoms with van der Waals surface area (Å²) < 4.78 is 6.17. The zero-order chi connectivity index (χ0) is 19.2. The quantitative estimate of drug-likeness (QED) is 0.730. The number of anilines is 1. The van der Waals surface area contributed by atoms with E-state index < -0.39 is 11.5 Å². The molecule has 6 nitrogen and oxygen atoms in total. The number of hydrogen-bond donors (Lipinski definition) is 1. The molecule has 6 heteroatoms. The van der Waals surface area contributed by atoms with Crippen LogP contribution in [0.1, 0.15) is 21.5 Å². The minimum atomic E-state index is -0.518. The van der Waals surface area contributed by atoms with E-state index in [1.165, 1.54) is 12.3 Å². The van der Waals surface area contributed by atoms with Gasteiger partial charge in [-0.25, -0.2) is 0 Å². The Kier molecular flexibility index (Phi) is 5.56. The molecule has 0 radical (unpaired) electrons. The molecular weight excluding hydrogens is 344 g/mol. The Morgan fingerprint density at radius 3 is 2.41 bits per heavy atom. The van der Waals surface area contributed by atoms with Crippen molar-refractivity contribution in [1.82, 2.24) is 4.73 Å². The highest BCUT2D eigenvalue weighted by Crippen LogP contribution is 2.12. The number of carbonyl (C=O) groups excluding carboxylic acids is 1. The number of ether oxygens (including phenoxy) is 1. The van der Waals surface area contributed by atoms with Crippen molar-refractivity contribution in [2.24, 2.45) is 0 Å². The summed E-state index contributed by atoms with van der Waals surface area (Å²) in [4.78, 5) is 30.5. The van der Waals surface area contributed by atoms with Gasteiger partial charge in [0.15, 0.2) is 0 Å². The van der Waals surface area contributed by atoms with Crippen LogP contribution in [0.15, 0.2) is 71.7 Å². The number of amides is 1. The zero-order valence-electron chi connectivity index (χ0n) is 15.1. The third-order valence-corrected chi connectivity index (χ3v) is 4.00. The average Bonchev–Trinajstić information content (AvgIpc) is 2.69. The van der Waals surface area contributed by atoms with Crippen molar-refractivity contribution < 1.29 is 14.4 Å². The number of nitrogens with one attached hydrogen (secondary N) is 1. The van der Waals surface area contributed by atoms with E-state index in [0.717, 1.165) is 21.6 Å². The summed E-state index contributed by atoms with van der Waals surface area (Å²) in [6.45, 7) is 2.15. The molecule has 1 amide bonds. The molecule has 3 rings (SSSR count). The van der Waals surface area contributed by atoms with E-state index >= 15 is 0 Å². The van der Waals surface area contributed by atoms with Crippen molar-refractivity contribution in [3.63, 3.8) is 0 Å². The van der Waals surface area contributed by atoms with Gasteiger partial charge in [-0.1, -0.05) is 29.8 Å². The van der Waals surface area contributed by atoms with Crippen molar-refractivity contribution in [1.29, 1.82) is 0 Å². The fourth-order valence-corrected chi connectivity index (χ4v) is 2.45. The van der Waals surface area contributed by atoms with E-state index in [1.54, 1.807) is 25.3 Å². The molecule has 0 unspecified atom stereocenters. The van der Waals surface area contributed by atoms with E-state index in [-0.39, 0.29) is 12.2 Å². The number of methoxy groups -OCH3 is 1. The van der Waals surface area contributed by atoms with Crippen molar-refractivity contribution in [3.8, 4) is 5.75 Å². The van der Waals surface area contributed by atoms with Gasteiger partial charge >= 0.3 is 0 Å². The molecule has 1 heterocycles. The maximum Gasteiger partial charge on any atom is 0.295 e. The lowest BCUT2D eigenvalue weighted by atomic mass is 10.2. The van der Waals surface area contributed by atoms with Gasteiger partial charge in [0.05, 0.1) is 7.11 Å². The zero-order valence-corrected chi connectivity index (χ0v) is 15.1. The second-order valence-electron chi connectivity index (χ2n) is 5.99. The summed E-state index contributed by atoms with van der Waals surface area (Å²) in [5, 5.41) is 2.72. The Bertz CT molecular complexity index is 976. The Morgan fingerprint density at radius 2 is 1.74 bits per heavy atom. The first-order chi connectivity index (χ1) is 13.1. The van der Waals surface area contributed by atoms with E-state index in [2.05, 4.69) is 5.32 Å². The molecule has 0 saturated carbocycles. The SMILES string of the molecule is COc1ccc(COn2cccc(C(=O)Nc3ccc(C)cc3)c2=O)cc1. The predicted octanol–water partition coefficient (Wildman–Crippen LogP) is 3.05. The number of rotatable bonds is 6. The van der Waals surface area contributed by atoms with Crippen LogP contribution in [0.2, 0.25) is 0 Å². The minimum absolute atomic E-state index is 0.00723. The molecule has 1 aromatic heterocycles. The lowest BCUT2D eigenvalue weighted by Crippen LogP contribution is -2.32. The van der Waals surface area contributed by atoms with Gasteiger partial charge in [-0.15, -0.1) is 0 Å². The Labute approximate surface area is 156 Å². The Morgan fingerprint density at radius 1 is 1.04 bits per heavy atom. The van der Waals surface area contributed by atoms with Crippen molar-refractivity contribution >= 4 is 11.6 Å². The molecule has 0 aliphatic carbocycles. The van der Waals surface area contributed by atoms with Crippen molar-refractivity contribution in [2.75, 3.05) is 12.4 Å². The standard InChI is InChI=1S/C21H20N2O4/c1-15-5-9-17(10-6-15)22-20(24)19-4-3-13-23(21(19)25)27-14-16-7-11-18(26-2)12-8-16/h3-13H,14H2,1-2H3,(H,22,24). The first-order valence-corrected chi connectivity index (χ1v) is 8.43. The van der Waals surface area contributed by atoms with E-state index in [4.69, 9.17) is 9.57 Å². The molecule has 27 heavy (non-hydrogen) atoms. The fraction of sp³-hybridized carbons (Fsp3) is 0.143. The van der Waals surface area contributed by atoms with Gasteiger partial charge in [-0.2, -0.15) is 4.73 Å². The van der Waals surface area contributed by atoms with E-state index in [1.807, 2.05) is 43.3 Å². The largest absolute Gasteiger partial charge is 0.497 e. The molecule has 0 saturated heterocycles. The number of aryl methyl sites for hydroxylation is 1. The molecule has 0 bridgehead atoms. The summed E-state index contributed by atoms with van der Waals surface area (Å²) in [6.07, 6.45) is 1.48. The van der Waals surface area contributed by atoms with E-state index in [0.29, 0.717) is 5.69 Å². The Balaban J connectivity index is 1.71. The van der Waals surface area contributed by atoms with Crippen LogP contribution in [0.4, 0.5) is 5.69 Å². The van der Waals surface area contributed by atoms with Crippen LogP contribution in [0.5, 0.6) is 5.75 Å². The molecule has 0 aliphatic rings. The van der Waals surface area contributed by atoms with Crippen LogP contribution in [0.3, 0.4) is 0 Å². The van der Waals surface area contributed by atoms with Crippen LogP contribution in [-0.4, -0.2) is 17.7 Å². The smallest absolute Gasteiger partial charge is 0.295 e. The molecule has 0 aliphatic heterocycles. The number of benzene rings is 2. The summed E-state index contributed by atoms with van der Waals surface area (Å²) in [5.74, 6) is 0.261. The van der Waals surface area contributed by atoms with Gasteiger partial charge in [0.25, 0.3) is 11.5 Å². The summed E-state index contributed by atoms with van der Waals surface area (Å²) >= 11 is 0. The van der Waals surface area contributed by atoms with Crippen molar-refractivity contribution in [2.45, 2.75) is 13.5 Å². The summed E-state index contributed by atoms with van der Waals surface area (Å²) in [6, 6.07) is 17.7. The van der Waals surface area contributed by atoms with Crippen LogP contribution >= 0.6 is 0 Å². The fourth-order valence-electron chi connectivity index (χ4n) is 2.45. The maximum atomic E-state index is 12.5. The second-order valence-corrected chi connectivity index (χ2v) is 5.99. The van der Waals surface area contributed by atoms with Crippen LogP contribution in [0, 0.1) is 6.92 Å². The Hall–Kier alpha value is -3.54. The number of pyridine rings is 1. The first kappa shape index (κ1) is 18.3. The number of hydrogen-bond acceptors (Lipinski definition) is 4. The van der Waals surface area contributed by atoms with Gasteiger partial charge in [0, 0.05) is 11.9 Å². The van der Waals surface area contributed by atoms with Crippen LogP contribution in [-0.2, 0) is 6.61 Å². The average molecular weight is 364 g/mol. The highest BCUT2D eigenvalue weighted by Gasteiger charge is 2.13. The molecule has 3 aromatic rings. The molecular formula is C21H20N2O4. The lowest BCUT2D eigenvalue weighted by molar-refractivity contribution is 0.0863.